The van der Waals surface area contributed by atoms with Gasteiger partial charge in [0, 0.05) is 18.7 Å². The van der Waals surface area contributed by atoms with Crippen LogP contribution in [0.15, 0.2) is 41.5 Å². The van der Waals surface area contributed by atoms with Crippen LogP contribution in [0, 0.1) is 0 Å². The van der Waals surface area contributed by atoms with Gasteiger partial charge in [0.1, 0.15) is 0 Å². The quantitative estimate of drug-likeness (QED) is 0.487. The van der Waals surface area contributed by atoms with Crippen LogP contribution >= 0.6 is 0 Å². The summed E-state index contributed by atoms with van der Waals surface area (Å²) < 4.78 is 22.0. The zero-order valence-corrected chi connectivity index (χ0v) is 18.5. The molecule has 0 unspecified atom stereocenters. The molecule has 0 saturated carbocycles. The van der Waals surface area contributed by atoms with E-state index in [1.54, 1.807) is 36.4 Å². The first kappa shape index (κ1) is 22.4. The van der Waals surface area contributed by atoms with Crippen LogP contribution < -0.4 is 24.4 Å². The predicted molar refractivity (Wildman–Crippen MR) is 121 cm³/mol. The lowest BCUT2D eigenvalue weighted by molar-refractivity contribution is -0.134. The molecule has 0 aromatic heterocycles. The van der Waals surface area contributed by atoms with Crippen molar-refractivity contribution in [2.45, 2.75) is 26.2 Å². The molecule has 2 aromatic rings. The minimum Gasteiger partial charge on any atom is -0.490 e. The van der Waals surface area contributed by atoms with Crippen LogP contribution in [0.1, 0.15) is 42.1 Å². The van der Waals surface area contributed by atoms with Gasteiger partial charge >= 0.3 is 0 Å². The summed E-state index contributed by atoms with van der Waals surface area (Å²) in [7, 11) is 0. The molecule has 0 bridgehead atoms. The average Bonchev–Trinajstić information content (AvgIpc) is 3.32. The second-order valence-electron chi connectivity index (χ2n) is 7.64. The highest BCUT2D eigenvalue weighted by molar-refractivity contribution is 5.95. The van der Waals surface area contributed by atoms with E-state index in [0.717, 1.165) is 25.9 Å². The Labute approximate surface area is 192 Å². The molecule has 0 spiro atoms. The average molecular weight is 453 g/mol. The summed E-state index contributed by atoms with van der Waals surface area (Å²) >= 11 is 0. The van der Waals surface area contributed by atoms with Crippen LogP contribution in [0.2, 0.25) is 0 Å². The lowest BCUT2D eigenvalue weighted by Crippen LogP contribution is -2.38. The van der Waals surface area contributed by atoms with E-state index in [2.05, 4.69) is 10.5 Å². The number of hydrogen-bond acceptors (Lipinski definition) is 7. The number of hydrogen-bond donors (Lipinski definition) is 1. The first-order valence-corrected chi connectivity index (χ1v) is 11.0. The highest BCUT2D eigenvalue weighted by Crippen LogP contribution is 2.32. The molecule has 1 saturated heterocycles. The standard InChI is InChI=1S/C24H27N3O6/c1-2-30-21-12-17(6-8-19(21)31-15-23(28)27-10-4-3-5-11-27)14-25-26-24(29)18-7-9-20-22(13-18)33-16-32-20/h6-9,12-14H,2-5,10-11,15-16H2,1H3,(H,26,29)/b25-14+. The highest BCUT2D eigenvalue weighted by Gasteiger charge is 2.18. The molecule has 2 amide bonds. The second-order valence-corrected chi connectivity index (χ2v) is 7.64. The maximum absolute atomic E-state index is 12.4. The molecule has 1 fully saturated rings. The van der Waals surface area contributed by atoms with Gasteiger partial charge in [0.25, 0.3) is 11.8 Å². The fraction of sp³-hybridized carbons (Fsp3) is 0.375. The second kappa shape index (κ2) is 10.7. The molecule has 0 radical (unpaired) electrons. The largest absolute Gasteiger partial charge is 0.490 e. The number of carbonyl (C=O) groups excluding carboxylic acids is 2. The predicted octanol–water partition coefficient (Wildman–Crippen LogP) is 2.97. The number of benzene rings is 2. The Balaban J connectivity index is 1.35. The SMILES string of the molecule is CCOc1cc(/C=N/NC(=O)c2ccc3c(c2)OCO3)ccc1OCC(=O)N1CCCCC1. The van der Waals surface area contributed by atoms with Gasteiger partial charge in [0.05, 0.1) is 12.8 Å². The smallest absolute Gasteiger partial charge is 0.271 e. The number of amides is 2. The third-order valence-electron chi connectivity index (χ3n) is 5.34. The third kappa shape index (κ3) is 5.74. The van der Waals surface area contributed by atoms with E-state index in [0.29, 0.717) is 40.7 Å². The molecule has 9 nitrogen and oxygen atoms in total. The number of rotatable bonds is 8. The molecule has 2 aliphatic heterocycles. The Hall–Kier alpha value is -3.75. The number of fused-ring (bicyclic) bond motifs is 1. The number of nitrogens with one attached hydrogen (secondary N) is 1. The summed E-state index contributed by atoms with van der Waals surface area (Å²) in [4.78, 5) is 26.6. The van der Waals surface area contributed by atoms with E-state index < -0.39 is 0 Å². The highest BCUT2D eigenvalue weighted by atomic mass is 16.7. The Bertz CT molecular complexity index is 1030. The van der Waals surface area contributed by atoms with E-state index in [1.165, 1.54) is 12.6 Å². The van der Waals surface area contributed by atoms with Crippen molar-refractivity contribution in [3.05, 3.63) is 47.5 Å². The molecule has 0 atom stereocenters. The monoisotopic (exact) mass is 453 g/mol. The lowest BCUT2D eigenvalue weighted by Gasteiger charge is -2.26. The van der Waals surface area contributed by atoms with Crippen LogP contribution in [0.4, 0.5) is 0 Å². The van der Waals surface area contributed by atoms with E-state index in [-0.39, 0.29) is 25.2 Å². The van der Waals surface area contributed by atoms with Crippen LogP contribution in [0.25, 0.3) is 0 Å². The van der Waals surface area contributed by atoms with Crippen LogP contribution in [0.5, 0.6) is 23.0 Å². The first-order valence-electron chi connectivity index (χ1n) is 11.0. The van der Waals surface area contributed by atoms with E-state index in [9.17, 15) is 9.59 Å². The van der Waals surface area contributed by atoms with E-state index in [1.807, 2.05) is 11.8 Å². The number of nitrogens with zero attached hydrogens (tertiary/aromatic N) is 2. The van der Waals surface area contributed by atoms with Crippen molar-refractivity contribution in [1.82, 2.24) is 10.3 Å². The van der Waals surface area contributed by atoms with Gasteiger partial charge in [-0.2, -0.15) is 5.10 Å². The molecular weight excluding hydrogens is 426 g/mol. The van der Waals surface area contributed by atoms with Crippen molar-refractivity contribution in [2.75, 3.05) is 33.1 Å². The van der Waals surface area contributed by atoms with Gasteiger partial charge in [-0.05, 0) is 68.1 Å². The summed E-state index contributed by atoms with van der Waals surface area (Å²) in [6, 6.07) is 10.2. The third-order valence-corrected chi connectivity index (χ3v) is 5.34. The minimum absolute atomic E-state index is 0.0194. The van der Waals surface area contributed by atoms with E-state index in [4.69, 9.17) is 18.9 Å². The molecule has 2 heterocycles. The van der Waals surface area contributed by atoms with Gasteiger partial charge in [-0.1, -0.05) is 0 Å². The van der Waals surface area contributed by atoms with Gasteiger partial charge in [0.15, 0.2) is 29.6 Å². The molecule has 33 heavy (non-hydrogen) atoms. The van der Waals surface area contributed by atoms with Gasteiger partial charge in [-0.25, -0.2) is 5.43 Å². The summed E-state index contributed by atoms with van der Waals surface area (Å²) in [5, 5.41) is 4.02. The Morgan fingerprint density at radius 3 is 2.67 bits per heavy atom. The molecule has 2 aliphatic rings. The summed E-state index contributed by atoms with van der Waals surface area (Å²) in [6.07, 6.45) is 4.75. The van der Waals surface area contributed by atoms with Gasteiger partial charge in [0.2, 0.25) is 6.79 Å². The van der Waals surface area contributed by atoms with E-state index >= 15 is 0 Å². The van der Waals surface area contributed by atoms with Gasteiger partial charge in [-0.3, -0.25) is 9.59 Å². The summed E-state index contributed by atoms with van der Waals surface area (Å²) in [5.74, 6) is 1.75. The molecular formula is C24H27N3O6. The number of likely N-dealkylation sites (tertiary alicyclic amines) is 1. The Kier molecular flexibility index (Phi) is 7.29. The Morgan fingerprint density at radius 1 is 1.03 bits per heavy atom. The fourth-order valence-corrected chi connectivity index (χ4v) is 3.63. The lowest BCUT2D eigenvalue weighted by atomic mass is 10.1. The van der Waals surface area contributed by atoms with Crippen molar-refractivity contribution in [1.29, 1.82) is 0 Å². The van der Waals surface area contributed by atoms with Crippen molar-refractivity contribution in [2.24, 2.45) is 5.10 Å². The zero-order valence-electron chi connectivity index (χ0n) is 18.5. The summed E-state index contributed by atoms with van der Waals surface area (Å²) in [6.45, 7) is 4.00. The Morgan fingerprint density at radius 2 is 1.85 bits per heavy atom. The van der Waals surface area contributed by atoms with Crippen molar-refractivity contribution >= 4 is 18.0 Å². The molecule has 1 N–H and O–H groups in total. The number of ether oxygens (including phenoxy) is 4. The normalized spacial score (nSPS) is 14.9. The molecule has 174 valence electrons. The minimum atomic E-state index is -0.370. The zero-order chi connectivity index (χ0) is 23.0. The molecule has 9 heteroatoms. The fourth-order valence-electron chi connectivity index (χ4n) is 3.63. The maximum Gasteiger partial charge on any atom is 0.271 e. The van der Waals surface area contributed by atoms with Crippen LogP contribution in [-0.2, 0) is 4.79 Å². The maximum atomic E-state index is 12.4. The molecule has 0 aliphatic carbocycles. The van der Waals surface area contributed by atoms with Gasteiger partial charge in [-0.15, -0.1) is 0 Å². The first-order chi connectivity index (χ1) is 16.1. The van der Waals surface area contributed by atoms with Crippen molar-refractivity contribution in [3.63, 3.8) is 0 Å². The number of carbonyl (C=O) groups is 2. The van der Waals surface area contributed by atoms with Crippen LogP contribution in [0.3, 0.4) is 0 Å². The van der Waals surface area contributed by atoms with Gasteiger partial charge < -0.3 is 23.8 Å². The van der Waals surface area contributed by atoms with Crippen molar-refractivity contribution in [3.8, 4) is 23.0 Å². The topological polar surface area (TPSA) is 98.7 Å². The number of hydrazone groups is 1. The summed E-state index contributed by atoms with van der Waals surface area (Å²) in [5.41, 5.74) is 3.61. The van der Waals surface area contributed by atoms with Crippen molar-refractivity contribution < 1.29 is 28.5 Å². The number of piperidine rings is 1. The molecule has 4 rings (SSSR count). The molecule has 2 aromatic carbocycles. The van der Waals surface area contributed by atoms with Crippen LogP contribution in [-0.4, -0.2) is 56.0 Å².